The molecule has 5 nitrogen and oxygen atoms in total. The topological polar surface area (TPSA) is 71.7 Å². The Bertz CT molecular complexity index is 839. The van der Waals surface area contributed by atoms with Crippen molar-refractivity contribution in [3.05, 3.63) is 45.9 Å². The smallest absolute Gasteiger partial charge is 0.231 e. The molecule has 0 unspecified atom stereocenters. The molecular formula is C17H12BrNO4. The number of nitrogens with zero attached hydrogens (tertiary/aromatic N) is 1. The number of phenols is 1. The van der Waals surface area contributed by atoms with Gasteiger partial charge in [0.15, 0.2) is 23.0 Å². The second-order valence-corrected chi connectivity index (χ2v) is 5.65. The summed E-state index contributed by atoms with van der Waals surface area (Å²) in [5.74, 6) is 1.63. The Kier molecular flexibility index (Phi) is 4.13. The fourth-order valence-corrected chi connectivity index (χ4v) is 2.70. The maximum absolute atomic E-state index is 9.85. The second kappa shape index (κ2) is 6.23. The van der Waals surface area contributed by atoms with E-state index in [9.17, 15) is 10.4 Å². The van der Waals surface area contributed by atoms with Gasteiger partial charge in [-0.3, -0.25) is 0 Å². The molecule has 0 spiro atoms. The lowest BCUT2D eigenvalue weighted by molar-refractivity contribution is 0.174. The molecule has 0 bridgehead atoms. The van der Waals surface area contributed by atoms with Crippen molar-refractivity contribution < 1.29 is 19.3 Å². The zero-order chi connectivity index (χ0) is 16.4. The lowest BCUT2D eigenvalue weighted by Gasteiger charge is -2.07. The van der Waals surface area contributed by atoms with Gasteiger partial charge in [0.2, 0.25) is 6.79 Å². The van der Waals surface area contributed by atoms with Crippen molar-refractivity contribution in [3.63, 3.8) is 0 Å². The van der Waals surface area contributed by atoms with Gasteiger partial charge in [-0.1, -0.05) is 0 Å². The average molecular weight is 374 g/mol. The molecular weight excluding hydrogens is 362 g/mol. The SMILES string of the molecule is COc1cc(/C=C(/C#N)c2ccc3c(c2)OCO3)cc(Br)c1O. The van der Waals surface area contributed by atoms with Crippen LogP contribution in [0.3, 0.4) is 0 Å². The van der Waals surface area contributed by atoms with Gasteiger partial charge in [0.05, 0.1) is 23.2 Å². The molecule has 1 N–H and O–H groups in total. The minimum atomic E-state index is 0.0197. The highest BCUT2D eigenvalue weighted by Crippen LogP contribution is 2.37. The standard InChI is InChI=1S/C17H12BrNO4/c1-21-16-6-10(5-13(18)17(16)20)4-12(8-19)11-2-3-14-15(7-11)23-9-22-14/h2-7,20H,9H2,1H3/b12-4-. The van der Waals surface area contributed by atoms with Gasteiger partial charge < -0.3 is 19.3 Å². The first kappa shape index (κ1) is 15.3. The van der Waals surface area contributed by atoms with Crippen molar-refractivity contribution in [2.45, 2.75) is 0 Å². The highest BCUT2D eigenvalue weighted by atomic mass is 79.9. The third-order valence-electron chi connectivity index (χ3n) is 3.39. The van der Waals surface area contributed by atoms with Crippen LogP contribution in [-0.4, -0.2) is 19.0 Å². The number of halogens is 1. The maximum Gasteiger partial charge on any atom is 0.231 e. The molecule has 0 aliphatic carbocycles. The lowest BCUT2D eigenvalue weighted by Crippen LogP contribution is -1.92. The van der Waals surface area contributed by atoms with Crippen molar-refractivity contribution in [2.75, 3.05) is 13.9 Å². The van der Waals surface area contributed by atoms with Crippen molar-refractivity contribution in [3.8, 4) is 29.1 Å². The molecule has 6 heteroatoms. The summed E-state index contributed by atoms with van der Waals surface area (Å²) in [6.07, 6.45) is 1.71. The Morgan fingerprint density at radius 1 is 1.30 bits per heavy atom. The molecule has 0 amide bonds. The first-order valence-electron chi connectivity index (χ1n) is 6.70. The highest BCUT2D eigenvalue weighted by Gasteiger charge is 2.15. The van der Waals surface area contributed by atoms with Gasteiger partial charge in [-0.25, -0.2) is 0 Å². The average Bonchev–Trinajstić information content (AvgIpc) is 3.03. The normalized spacial score (nSPS) is 12.8. The summed E-state index contributed by atoms with van der Waals surface area (Å²) in [6, 6.07) is 10.9. The molecule has 1 aliphatic rings. The van der Waals surface area contributed by atoms with Gasteiger partial charge in [0.25, 0.3) is 0 Å². The maximum atomic E-state index is 9.85. The predicted octanol–water partition coefficient (Wildman–Crippen LogP) is 3.96. The number of rotatable bonds is 3. The van der Waals surface area contributed by atoms with E-state index < -0.39 is 0 Å². The number of benzene rings is 2. The molecule has 0 atom stereocenters. The summed E-state index contributed by atoms with van der Waals surface area (Å²) in [4.78, 5) is 0. The van der Waals surface area contributed by atoms with Crippen LogP contribution in [0.25, 0.3) is 11.6 Å². The van der Waals surface area contributed by atoms with E-state index in [1.807, 2.05) is 0 Å². The third-order valence-corrected chi connectivity index (χ3v) is 3.99. The number of hydrogen-bond donors (Lipinski definition) is 1. The zero-order valence-electron chi connectivity index (χ0n) is 12.2. The van der Waals surface area contributed by atoms with Crippen LogP contribution >= 0.6 is 15.9 Å². The summed E-state index contributed by atoms with van der Waals surface area (Å²) in [6.45, 7) is 0.187. The molecule has 2 aromatic carbocycles. The first-order chi connectivity index (χ1) is 11.1. The van der Waals surface area contributed by atoms with Gasteiger partial charge in [-0.15, -0.1) is 0 Å². The van der Waals surface area contributed by atoms with Gasteiger partial charge in [0.1, 0.15) is 0 Å². The Morgan fingerprint density at radius 3 is 2.83 bits per heavy atom. The summed E-state index contributed by atoms with van der Waals surface area (Å²) < 4.78 is 16.2. The highest BCUT2D eigenvalue weighted by molar-refractivity contribution is 9.10. The van der Waals surface area contributed by atoms with E-state index >= 15 is 0 Å². The van der Waals surface area contributed by atoms with Crippen LogP contribution in [0.1, 0.15) is 11.1 Å². The van der Waals surface area contributed by atoms with E-state index in [-0.39, 0.29) is 12.5 Å². The summed E-state index contributed by atoms with van der Waals surface area (Å²) in [5, 5.41) is 19.3. The van der Waals surface area contributed by atoms with Crippen LogP contribution < -0.4 is 14.2 Å². The van der Waals surface area contributed by atoms with Gasteiger partial charge in [-0.05, 0) is 63.5 Å². The van der Waals surface area contributed by atoms with Crippen molar-refractivity contribution in [1.29, 1.82) is 5.26 Å². The van der Waals surface area contributed by atoms with Crippen LogP contribution in [0, 0.1) is 11.3 Å². The van der Waals surface area contributed by atoms with E-state index in [1.54, 1.807) is 36.4 Å². The Balaban J connectivity index is 2.03. The quantitative estimate of drug-likeness (QED) is 0.651. The number of hydrogen-bond acceptors (Lipinski definition) is 5. The lowest BCUT2D eigenvalue weighted by atomic mass is 10.0. The molecule has 0 aromatic heterocycles. The minimum absolute atomic E-state index is 0.0197. The fourth-order valence-electron chi connectivity index (χ4n) is 2.24. The van der Waals surface area contributed by atoms with E-state index in [0.717, 1.165) is 11.1 Å². The summed E-state index contributed by atoms with van der Waals surface area (Å²) in [5.41, 5.74) is 1.91. The largest absolute Gasteiger partial charge is 0.503 e. The number of nitriles is 1. The molecule has 1 heterocycles. The van der Waals surface area contributed by atoms with E-state index in [0.29, 0.717) is 27.3 Å². The molecule has 3 rings (SSSR count). The predicted molar refractivity (Wildman–Crippen MR) is 88.4 cm³/mol. The molecule has 2 aromatic rings. The van der Waals surface area contributed by atoms with E-state index in [1.165, 1.54) is 7.11 Å². The number of allylic oxidation sites excluding steroid dienone is 1. The summed E-state index contributed by atoms with van der Waals surface area (Å²) in [7, 11) is 1.47. The molecule has 0 saturated heterocycles. The van der Waals surface area contributed by atoms with Crippen molar-refractivity contribution >= 4 is 27.6 Å². The van der Waals surface area contributed by atoms with Gasteiger partial charge >= 0.3 is 0 Å². The Labute approximate surface area is 141 Å². The monoisotopic (exact) mass is 373 g/mol. The van der Waals surface area contributed by atoms with Crippen molar-refractivity contribution in [2.24, 2.45) is 0 Å². The molecule has 1 aliphatic heterocycles. The van der Waals surface area contributed by atoms with Crippen molar-refractivity contribution in [1.82, 2.24) is 0 Å². The molecule has 0 radical (unpaired) electrons. The van der Waals surface area contributed by atoms with Crippen LogP contribution in [0.4, 0.5) is 0 Å². The number of phenolic OH excluding ortho intramolecular Hbond substituents is 1. The van der Waals surface area contributed by atoms with Gasteiger partial charge in [-0.2, -0.15) is 5.26 Å². The second-order valence-electron chi connectivity index (χ2n) is 4.79. The van der Waals surface area contributed by atoms with Crippen LogP contribution in [0.5, 0.6) is 23.0 Å². The van der Waals surface area contributed by atoms with E-state index in [2.05, 4.69) is 22.0 Å². The first-order valence-corrected chi connectivity index (χ1v) is 7.50. The van der Waals surface area contributed by atoms with Crippen LogP contribution in [0.15, 0.2) is 34.8 Å². The molecule has 116 valence electrons. The number of ether oxygens (including phenoxy) is 3. The Hall–Kier alpha value is -2.65. The fraction of sp³-hybridized carbons (Fsp3) is 0.118. The summed E-state index contributed by atoms with van der Waals surface area (Å²) >= 11 is 3.27. The molecule has 0 saturated carbocycles. The number of fused-ring (bicyclic) bond motifs is 1. The van der Waals surface area contributed by atoms with E-state index in [4.69, 9.17) is 14.2 Å². The van der Waals surface area contributed by atoms with Crippen LogP contribution in [0.2, 0.25) is 0 Å². The Morgan fingerprint density at radius 2 is 2.09 bits per heavy atom. The van der Waals surface area contributed by atoms with Crippen LogP contribution in [-0.2, 0) is 0 Å². The zero-order valence-corrected chi connectivity index (χ0v) is 13.8. The minimum Gasteiger partial charge on any atom is -0.503 e. The number of methoxy groups -OCH3 is 1. The molecule has 23 heavy (non-hydrogen) atoms. The van der Waals surface area contributed by atoms with Gasteiger partial charge in [0, 0.05) is 0 Å². The third kappa shape index (κ3) is 2.96. The molecule has 0 fully saturated rings. The number of aromatic hydroxyl groups is 1.